The largest absolute Gasteiger partial charge is 0.416 e. The molecule has 152 valence electrons. The van der Waals surface area contributed by atoms with E-state index in [0.717, 1.165) is 23.9 Å². The van der Waals surface area contributed by atoms with Crippen LogP contribution in [0.5, 0.6) is 0 Å². The SMILES string of the molecule is Cc1c(NC(=O)CSc2cccc(C(F)(F)F)c2)c(=O)n(-c2ccccc2)n1C. The fourth-order valence-electron chi connectivity index (χ4n) is 2.80. The first-order valence-corrected chi connectivity index (χ1v) is 9.61. The predicted octanol–water partition coefficient (Wildman–Crippen LogP) is 4.23. The highest BCUT2D eigenvalue weighted by molar-refractivity contribution is 8.00. The van der Waals surface area contributed by atoms with Crippen LogP contribution in [0.3, 0.4) is 0 Å². The summed E-state index contributed by atoms with van der Waals surface area (Å²) in [4.78, 5) is 25.4. The average Bonchev–Trinajstić information content (AvgIpc) is 2.90. The third kappa shape index (κ3) is 4.56. The van der Waals surface area contributed by atoms with E-state index in [-0.39, 0.29) is 17.0 Å². The Balaban J connectivity index is 1.75. The van der Waals surface area contributed by atoms with Gasteiger partial charge in [-0.2, -0.15) is 13.2 Å². The number of rotatable bonds is 5. The molecule has 0 saturated heterocycles. The molecule has 3 rings (SSSR count). The van der Waals surface area contributed by atoms with Crippen LogP contribution in [0.2, 0.25) is 0 Å². The van der Waals surface area contributed by atoms with E-state index in [4.69, 9.17) is 0 Å². The van der Waals surface area contributed by atoms with Crippen LogP contribution in [0.1, 0.15) is 11.3 Å². The van der Waals surface area contributed by atoms with Gasteiger partial charge in [-0.25, -0.2) is 4.68 Å². The molecular formula is C20H18F3N3O2S. The maximum atomic E-state index is 12.8. The van der Waals surface area contributed by atoms with Crippen LogP contribution in [-0.2, 0) is 18.0 Å². The van der Waals surface area contributed by atoms with Gasteiger partial charge in [0.1, 0.15) is 5.69 Å². The molecule has 0 fully saturated rings. The second-order valence-electron chi connectivity index (χ2n) is 6.30. The number of nitrogens with zero attached hydrogens (tertiary/aromatic N) is 2. The molecule has 1 heterocycles. The minimum atomic E-state index is -4.44. The molecule has 1 aromatic heterocycles. The van der Waals surface area contributed by atoms with E-state index in [2.05, 4.69) is 5.32 Å². The van der Waals surface area contributed by atoms with E-state index >= 15 is 0 Å². The molecule has 0 radical (unpaired) electrons. The van der Waals surface area contributed by atoms with Gasteiger partial charge in [0.05, 0.1) is 22.7 Å². The molecule has 0 unspecified atom stereocenters. The molecule has 1 amide bonds. The highest BCUT2D eigenvalue weighted by Gasteiger charge is 2.30. The van der Waals surface area contributed by atoms with Crippen molar-refractivity contribution in [3.8, 4) is 5.69 Å². The van der Waals surface area contributed by atoms with Gasteiger partial charge < -0.3 is 5.32 Å². The molecule has 0 aliphatic rings. The highest BCUT2D eigenvalue weighted by atomic mass is 32.2. The first kappa shape index (κ1) is 20.8. The van der Waals surface area contributed by atoms with E-state index < -0.39 is 17.6 Å². The molecule has 0 bridgehead atoms. The number of carbonyl (C=O) groups is 1. The van der Waals surface area contributed by atoms with Crippen LogP contribution in [0.4, 0.5) is 18.9 Å². The Morgan fingerprint density at radius 3 is 2.45 bits per heavy atom. The number of benzene rings is 2. The second kappa shape index (κ2) is 8.20. The molecule has 0 atom stereocenters. The minimum Gasteiger partial charge on any atom is -0.319 e. The van der Waals surface area contributed by atoms with Crippen molar-refractivity contribution in [2.24, 2.45) is 7.05 Å². The first-order chi connectivity index (χ1) is 13.7. The number of alkyl halides is 3. The number of halogens is 3. The van der Waals surface area contributed by atoms with Gasteiger partial charge >= 0.3 is 6.18 Å². The Labute approximate surface area is 169 Å². The summed E-state index contributed by atoms with van der Waals surface area (Å²) in [5.74, 6) is -0.598. The van der Waals surface area contributed by atoms with Gasteiger partial charge in [-0.3, -0.25) is 14.3 Å². The Kier molecular flexibility index (Phi) is 5.88. The van der Waals surface area contributed by atoms with E-state index in [9.17, 15) is 22.8 Å². The lowest BCUT2D eigenvalue weighted by Crippen LogP contribution is -2.23. The van der Waals surface area contributed by atoms with Gasteiger partial charge in [0.15, 0.2) is 0 Å². The highest BCUT2D eigenvalue weighted by Crippen LogP contribution is 2.31. The number of para-hydroxylation sites is 1. The van der Waals surface area contributed by atoms with Crippen molar-refractivity contribution >= 4 is 23.4 Å². The smallest absolute Gasteiger partial charge is 0.319 e. The Bertz CT molecular complexity index is 1090. The summed E-state index contributed by atoms with van der Waals surface area (Å²) in [5, 5.41) is 2.59. The van der Waals surface area contributed by atoms with Crippen molar-refractivity contribution in [1.82, 2.24) is 9.36 Å². The van der Waals surface area contributed by atoms with Crippen LogP contribution in [0.15, 0.2) is 64.3 Å². The fourth-order valence-corrected chi connectivity index (χ4v) is 3.55. The molecule has 0 spiro atoms. The van der Waals surface area contributed by atoms with Crippen molar-refractivity contribution < 1.29 is 18.0 Å². The van der Waals surface area contributed by atoms with Crippen molar-refractivity contribution in [3.63, 3.8) is 0 Å². The van der Waals surface area contributed by atoms with Gasteiger partial charge in [0.2, 0.25) is 5.91 Å². The number of hydrogen-bond acceptors (Lipinski definition) is 3. The third-order valence-corrected chi connectivity index (χ3v) is 5.34. The Hall–Kier alpha value is -2.94. The molecule has 5 nitrogen and oxygen atoms in total. The molecular weight excluding hydrogens is 403 g/mol. The zero-order chi connectivity index (χ0) is 21.2. The summed E-state index contributed by atoms with van der Waals surface area (Å²) < 4.78 is 41.5. The zero-order valence-electron chi connectivity index (χ0n) is 15.7. The van der Waals surface area contributed by atoms with Crippen LogP contribution in [0.25, 0.3) is 5.69 Å². The van der Waals surface area contributed by atoms with Crippen LogP contribution in [0, 0.1) is 6.92 Å². The number of anilines is 1. The van der Waals surface area contributed by atoms with E-state index in [1.165, 1.54) is 16.8 Å². The predicted molar refractivity (Wildman–Crippen MR) is 107 cm³/mol. The summed E-state index contributed by atoms with van der Waals surface area (Å²) in [7, 11) is 1.71. The summed E-state index contributed by atoms with van der Waals surface area (Å²) in [5.41, 5.74) is 0.213. The number of hydrogen-bond donors (Lipinski definition) is 1. The second-order valence-corrected chi connectivity index (χ2v) is 7.35. The van der Waals surface area contributed by atoms with E-state index in [1.807, 2.05) is 6.07 Å². The van der Waals surface area contributed by atoms with Gasteiger partial charge in [-0.05, 0) is 37.3 Å². The lowest BCUT2D eigenvalue weighted by Gasteiger charge is -2.08. The Morgan fingerprint density at radius 1 is 1.10 bits per heavy atom. The van der Waals surface area contributed by atoms with Crippen molar-refractivity contribution in [2.75, 3.05) is 11.1 Å². The molecule has 3 aromatic rings. The van der Waals surface area contributed by atoms with Gasteiger partial charge in [0, 0.05) is 11.9 Å². The zero-order valence-corrected chi connectivity index (χ0v) is 16.5. The average molecular weight is 421 g/mol. The molecule has 0 aliphatic carbocycles. The maximum absolute atomic E-state index is 12.8. The summed E-state index contributed by atoms with van der Waals surface area (Å²) in [6.07, 6.45) is -4.44. The van der Waals surface area contributed by atoms with Gasteiger partial charge in [-0.15, -0.1) is 11.8 Å². The van der Waals surface area contributed by atoms with Gasteiger partial charge in [0.25, 0.3) is 5.56 Å². The van der Waals surface area contributed by atoms with Crippen molar-refractivity contribution in [1.29, 1.82) is 0 Å². The lowest BCUT2D eigenvalue weighted by molar-refractivity contribution is -0.137. The topological polar surface area (TPSA) is 56.0 Å². The van der Waals surface area contributed by atoms with Crippen molar-refractivity contribution in [2.45, 2.75) is 18.0 Å². The number of aromatic nitrogens is 2. The maximum Gasteiger partial charge on any atom is 0.416 e. The number of nitrogens with one attached hydrogen (secondary N) is 1. The van der Waals surface area contributed by atoms with Crippen LogP contribution in [-0.4, -0.2) is 21.0 Å². The van der Waals surface area contributed by atoms with Gasteiger partial charge in [-0.1, -0.05) is 24.3 Å². The first-order valence-electron chi connectivity index (χ1n) is 8.62. The quantitative estimate of drug-likeness (QED) is 0.627. The molecule has 0 aliphatic heterocycles. The summed E-state index contributed by atoms with van der Waals surface area (Å²) in [6.45, 7) is 1.70. The monoisotopic (exact) mass is 421 g/mol. The number of thioether (sulfide) groups is 1. The third-order valence-electron chi connectivity index (χ3n) is 4.35. The Morgan fingerprint density at radius 2 is 1.79 bits per heavy atom. The summed E-state index contributed by atoms with van der Waals surface area (Å²) >= 11 is 0.969. The summed E-state index contributed by atoms with van der Waals surface area (Å²) in [6, 6.07) is 13.7. The normalized spacial score (nSPS) is 11.5. The van der Waals surface area contributed by atoms with Crippen LogP contribution < -0.4 is 10.9 Å². The van der Waals surface area contributed by atoms with Crippen molar-refractivity contribution in [3.05, 3.63) is 76.2 Å². The molecule has 0 saturated carbocycles. The molecule has 2 aromatic carbocycles. The minimum absolute atomic E-state index is 0.125. The van der Waals surface area contributed by atoms with Crippen LogP contribution >= 0.6 is 11.8 Å². The number of amides is 1. The number of carbonyl (C=O) groups excluding carboxylic acids is 1. The molecule has 1 N–H and O–H groups in total. The molecule has 9 heteroatoms. The standard InChI is InChI=1S/C20H18F3N3O2S/c1-13-18(19(28)26(25(13)2)15-8-4-3-5-9-15)24-17(27)12-29-16-10-6-7-14(11-16)20(21,22)23/h3-11H,12H2,1-2H3,(H,24,27). The molecule has 29 heavy (non-hydrogen) atoms. The van der Waals surface area contributed by atoms with E-state index in [0.29, 0.717) is 16.3 Å². The van der Waals surface area contributed by atoms with E-state index in [1.54, 1.807) is 42.9 Å². The lowest BCUT2D eigenvalue weighted by atomic mass is 10.2. The fraction of sp³-hybridized carbons (Fsp3) is 0.200.